The van der Waals surface area contributed by atoms with Crippen LogP contribution in [0.4, 0.5) is 0 Å². The third-order valence-corrected chi connectivity index (χ3v) is 11.0. The Morgan fingerprint density at radius 3 is 2.67 bits per heavy atom. The molecule has 0 aromatic carbocycles. The van der Waals surface area contributed by atoms with E-state index >= 15 is 0 Å². The minimum absolute atomic E-state index is 0.0641. The van der Waals surface area contributed by atoms with E-state index in [1.54, 1.807) is 5.57 Å². The summed E-state index contributed by atoms with van der Waals surface area (Å²) in [5, 5.41) is 0. The van der Waals surface area contributed by atoms with Crippen LogP contribution in [0.15, 0.2) is 23.5 Å². The maximum absolute atomic E-state index is 11.5. The summed E-state index contributed by atoms with van der Waals surface area (Å²) in [6.45, 7) is 13.1. The second-order valence-corrected chi connectivity index (χ2v) is 13.2. The van der Waals surface area contributed by atoms with Crippen LogP contribution in [0.3, 0.4) is 0 Å². The van der Waals surface area contributed by atoms with Gasteiger partial charge in [-0.1, -0.05) is 39.3 Å². The number of rotatable bonds is 5. The van der Waals surface area contributed by atoms with Gasteiger partial charge in [0.25, 0.3) is 0 Å². The van der Waals surface area contributed by atoms with Crippen LogP contribution in [-0.4, -0.2) is 30.8 Å². The van der Waals surface area contributed by atoms with Gasteiger partial charge in [0.2, 0.25) is 0 Å². The molecule has 1 aliphatic heterocycles. The Balaban J connectivity index is 1.29. The first-order valence-electron chi connectivity index (χ1n) is 14.4. The number of hydrogen-bond donors (Lipinski definition) is 0. The van der Waals surface area contributed by atoms with E-state index in [9.17, 15) is 9.59 Å². The van der Waals surface area contributed by atoms with Crippen molar-refractivity contribution in [2.45, 2.75) is 105 Å². The van der Waals surface area contributed by atoms with Crippen LogP contribution >= 0.6 is 0 Å². The molecule has 10 atom stereocenters. The number of ether oxygens (including phenoxy) is 3. The zero-order valence-electron chi connectivity index (χ0n) is 23.2. The Hall–Kier alpha value is -1.78. The fourth-order valence-electron chi connectivity index (χ4n) is 9.34. The molecule has 0 radical (unpaired) electrons. The van der Waals surface area contributed by atoms with Gasteiger partial charge in [0.15, 0.2) is 0 Å². The topological polar surface area (TPSA) is 61.8 Å². The van der Waals surface area contributed by atoms with Crippen molar-refractivity contribution in [3.05, 3.63) is 23.5 Å². The lowest BCUT2D eigenvalue weighted by Gasteiger charge is -2.58. The molecule has 0 bridgehead atoms. The molecular formula is C31H46O5. The zero-order valence-corrected chi connectivity index (χ0v) is 23.2. The van der Waals surface area contributed by atoms with E-state index in [4.69, 9.17) is 14.2 Å². The van der Waals surface area contributed by atoms with Crippen LogP contribution < -0.4 is 0 Å². The Morgan fingerprint density at radius 2 is 1.94 bits per heavy atom. The molecule has 0 spiro atoms. The molecule has 200 valence electrons. The van der Waals surface area contributed by atoms with E-state index < -0.39 is 0 Å². The summed E-state index contributed by atoms with van der Waals surface area (Å²) in [7, 11) is 0. The van der Waals surface area contributed by atoms with E-state index in [0.29, 0.717) is 35.9 Å². The number of carbonyl (C=O) groups excluding carboxylic acids is 2. The van der Waals surface area contributed by atoms with Gasteiger partial charge in [-0.3, -0.25) is 9.59 Å². The summed E-state index contributed by atoms with van der Waals surface area (Å²) in [5.74, 6) is 4.35. The quantitative estimate of drug-likeness (QED) is 0.315. The van der Waals surface area contributed by atoms with Crippen LogP contribution in [0.25, 0.3) is 0 Å². The Kier molecular flexibility index (Phi) is 6.83. The minimum Gasteiger partial charge on any atom is -0.494 e. The molecule has 1 unspecified atom stereocenters. The largest absolute Gasteiger partial charge is 0.494 e. The molecule has 5 aliphatic rings. The van der Waals surface area contributed by atoms with Gasteiger partial charge in [0.1, 0.15) is 12.2 Å². The highest BCUT2D eigenvalue weighted by molar-refractivity contribution is 5.66. The summed E-state index contributed by atoms with van der Waals surface area (Å²) in [6.07, 6.45) is 14.1. The Morgan fingerprint density at radius 1 is 1.17 bits per heavy atom. The number of carbonyl (C=O) groups is 2. The van der Waals surface area contributed by atoms with Crippen molar-refractivity contribution in [2.75, 3.05) is 6.61 Å². The van der Waals surface area contributed by atoms with Gasteiger partial charge >= 0.3 is 11.9 Å². The van der Waals surface area contributed by atoms with Gasteiger partial charge in [-0.25, -0.2) is 0 Å². The van der Waals surface area contributed by atoms with Gasteiger partial charge in [-0.05, 0) is 85.5 Å². The SMILES string of the molecule is CC(=O)OCC(C)C/C=C1/O[C@H]2C[C@H]3[C@@H]4CC=C5C[C@@H](OC(C)=O)CC[C@]5(C)[C@H]4CC[C@]3(C)[C@H]2[C@@H]1C. The van der Waals surface area contributed by atoms with Gasteiger partial charge in [-0.2, -0.15) is 0 Å². The molecule has 5 nitrogen and oxygen atoms in total. The average Bonchev–Trinajstić information content (AvgIpc) is 3.29. The van der Waals surface area contributed by atoms with E-state index in [1.165, 1.54) is 45.3 Å². The third-order valence-electron chi connectivity index (χ3n) is 11.0. The molecule has 0 amide bonds. The molecule has 36 heavy (non-hydrogen) atoms. The van der Waals surface area contributed by atoms with E-state index in [-0.39, 0.29) is 23.5 Å². The zero-order chi connectivity index (χ0) is 25.8. The summed E-state index contributed by atoms with van der Waals surface area (Å²) < 4.78 is 17.5. The van der Waals surface area contributed by atoms with E-state index in [0.717, 1.165) is 43.4 Å². The molecule has 1 saturated heterocycles. The van der Waals surface area contributed by atoms with Crippen molar-refractivity contribution in [1.29, 1.82) is 0 Å². The number of allylic oxidation sites excluding steroid dienone is 3. The van der Waals surface area contributed by atoms with Crippen LogP contribution in [0.5, 0.6) is 0 Å². The van der Waals surface area contributed by atoms with Crippen LogP contribution in [0, 0.1) is 46.3 Å². The first kappa shape index (κ1) is 25.9. The maximum atomic E-state index is 11.5. The van der Waals surface area contributed by atoms with Crippen LogP contribution in [0.1, 0.15) is 92.9 Å². The molecule has 4 fully saturated rings. The van der Waals surface area contributed by atoms with Crippen LogP contribution in [-0.2, 0) is 23.8 Å². The molecule has 4 aliphatic carbocycles. The lowest BCUT2D eigenvalue weighted by atomic mass is 9.47. The van der Waals surface area contributed by atoms with Gasteiger partial charge in [-0.15, -0.1) is 0 Å². The average molecular weight is 499 g/mol. The van der Waals surface area contributed by atoms with Crippen LogP contribution in [0.2, 0.25) is 0 Å². The third kappa shape index (κ3) is 4.32. The van der Waals surface area contributed by atoms with Gasteiger partial charge < -0.3 is 14.2 Å². The van der Waals surface area contributed by atoms with Crippen molar-refractivity contribution < 1.29 is 23.8 Å². The minimum atomic E-state index is -0.208. The summed E-state index contributed by atoms with van der Waals surface area (Å²) in [6, 6.07) is 0. The summed E-state index contributed by atoms with van der Waals surface area (Å²) in [4.78, 5) is 22.7. The molecule has 5 heteroatoms. The fourth-order valence-corrected chi connectivity index (χ4v) is 9.34. The van der Waals surface area contributed by atoms with E-state index in [1.807, 2.05) is 0 Å². The number of fused-ring (bicyclic) bond motifs is 7. The highest BCUT2D eigenvalue weighted by Gasteiger charge is 2.64. The standard InChI is InChI=1S/C31H46O5/c1-18(17-34-20(3)32)7-10-27-19(2)29-28(36-27)16-26-24-9-8-22-15-23(35-21(4)33)11-13-30(22,5)25(24)12-14-31(26,29)6/h8,10,18-19,23-26,28-29H,7,9,11-17H2,1-6H3/b27-10+/t18?,19-,23+,24-,25+,26+,28+,29+,30+,31+/m1/s1. The maximum Gasteiger partial charge on any atom is 0.302 e. The molecule has 0 aromatic heterocycles. The smallest absolute Gasteiger partial charge is 0.302 e. The first-order chi connectivity index (χ1) is 17.0. The fraction of sp³-hybridized carbons (Fsp3) is 0.806. The Bertz CT molecular complexity index is 951. The second kappa shape index (κ2) is 9.51. The second-order valence-electron chi connectivity index (χ2n) is 13.2. The molecule has 3 saturated carbocycles. The lowest BCUT2D eigenvalue weighted by molar-refractivity contribution is -0.148. The highest BCUT2D eigenvalue weighted by atomic mass is 16.5. The summed E-state index contributed by atoms with van der Waals surface area (Å²) >= 11 is 0. The van der Waals surface area contributed by atoms with Crippen molar-refractivity contribution in [1.82, 2.24) is 0 Å². The lowest BCUT2D eigenvalue weighted by Crippen LogP contribution is -2.51. The highest BCUT2D eigenvalue weighted by Crippen LogP contribution is 2.69. The molecular weight excluding hydrogens is 452 g/mol. The molecule has 5 rings (SSSR count). The molecule has 0 N–H and O–H groups in total. The normalized spacial score (nSPS) is 44.9. The number of hydrogen-bond acceptors (Lipinski definition) is 5. The van der Waals surface area contributed by atoms with Crippen molar-refractivity contribution in [2.24, 2.45) is 46.3 Å². The predicted molar refractivity (Wildman–Crippen MR) is 139 cm³/mol. The first-order valence-corrected chi connectivity index (χ1v) is 14.4. The monoisotopic (exact) mass is 498 g/mol. The molecule has 1 heterocycles. The van der Waals surface area contributed by atoms with Crippen molar-refractivity contribution in [3.8, 4) is 0 Å². The predicted octanol–water partition coefficient (Wildman–Crippen LogP) is 6.62. The Labute approximate surface area is 217 Å². The summed E-state index contributed by atoms with van der Waals surface area (Å²) in [5.41, 5.74) is 2.15. The number of esters is 2. The van der Waals surface area contributed by atoms with Gasteiger partial charge in [0, 0.05) is 32.1 Å². The van der Waals surface area contributed by atoms with Gasteiger partial charge in [0.05, 0.1) is 12.4 Å². The van der Waals surface area contributed by atoms with Crippen molar-refractivity contribution >= 4 is 11.9 Å². The van der Waals surface area contributed by atoms with Crippen molar-refractivity contribution in [3.63, 3.8) is 0 Å². The van der Waals surface area contributed by atoms with E-state index in [2.05, 4.69) is 39.8 Å². The molecule has 0 aromatic rings.